The van der Waals surface area contributed by atoms with E-state index in [0.717, 1.165) is 11.4 Å². The molecule has 30 heavy (non-hydrogen) atoms. The van der Waals surface area contributed by atoms with Crippen LogP contribution in [0.5, 0.6) is 5.75 Å². The van der Waals surface area contributed by atoms with E-state index in [1.54, 1.807) is 0 Å². The number of carbonyl (C=O) groups excluding carboxylic acids is 1. The van der Waals surface area contributed by atoms with Crippen LogP contribution >= 0.6 is 11.8 Å². The summed E-state index contributed by atoms with van der Waals surface area (Å²) in [6.45, 7) is 5.03. The summed E-state index contributed by atoms with van der Waals surface area (Å²) in [7, 11) is -2.23. The number of nitrogens with zero attached hydrogens (tertiary/aromatic N) is 3. The number of rotatable bonds is 7. The number of aryl methyl sites for hydroxylation is 2. The van der Waals surface area contributed by atoms with Crippen LogP contribution < -0.4 is 10.1 Å². The van der Waals surface area contributed by atoms with E-state index < -0.39 is 10.0 Å². The van der Waals surface area contributed by atoms with Gasteiger partial charge in [-0.3, -0.25) is 4.79 Å². The van der Waals surface area contributed by atoms with Gasteiger partial charge in [0.15, 0.2) is 5.16 Å². The molecule has 0 radical (unpaired) electrons. The van der Waals surface area contributed by atoms with Gasteiger partial charge in [0.25, 0.3) is 0 Å². The summed E-state index contributed by atoms with van der Waals surface area (Å²) in [6.07, 6.45) is 0. The monoisotopic (exact) mass is 452 g/mol. The van der Waals surface area contributed by atoms with Gasteiger partial charge >= 0.3 is 0 Å². The van der Waals surface area contributed by atoms with Gasteiger partial charge < -0.3 is 14.8 Å². The number of sulfonamides is 1. The number of ether oxygens (including phenoxy) is 2. The Hall–Kier alpha value is -2.21. The third-order valence-corrected chi connectivity index (χ3v) is 7.09. The molecule has 0 saturated carbocycles. The van der Waals surface area contributed by atoms with Crippen molar-refractivity contribution in [1.29, 1.82) is 0 Å². The molecule has 1 amide bonds. The predicted molar refractivity (Wildman–Crippen MR) is 113 cm³/mol. The van der Waals surface area contributed by atoms with Gasteiger partial charge in [0, 0.05) is 24.5 Å². The Morgan fingerprint density at radius 1 is 1.20 bits per heavy atom. The van der Waals surface area contributed by atoms with Gasteiger partial charge in [0.05, 0.1) is 36.7 Å². The minimum absolute atomic E-state index is 0.0759. The number of methoxy groups -OCH3 is 1. The minimum Gasteiger partial charge on any atom is -0.495 e. The second kappa shape index (κ2) is 9.73. The zero-order chi connectivity index (χ0) is 21.7. The van der Waals surface area contributed by atoms with Gasteiger partial charge in [0.1, 0.15) is 5.75 Å². The van der Waals surface area contributed by atoms with Crippen LogP contribution in [0.2, 0.25) is 0 Å². The standard InChI is InChI=1S/C19H24N4O5S2/c1-13-10-14(2)21-19(20-13)29-12-18(24)22-16-11-15(4-5-17(16)27-3)30(25,26)23-6-8-28-9-7-23/h4-5,10-11H,6-9,12H2,1-3H3,(H,22,24). The van der Waals surface area contributed by atoms with Crippen molar-refractivity contribution in [3.8, 4) is 5.75 Å². The Labute approximate surface area is 180 Å². The smallest absolute Gasteiger partial charge is 0.243 e. The normalized spacial score (nSPS) is 15.0. The fraction of sp³-hybridized carbons (Fsp3) is 0.421. The van der Waals surface area contributed by atoms with Crippen molar-refractivity contribution in [3.05, 3.63) is 35.7 Å². The van der Waals surface area contributed by atoms with E-state index in [1.165, 1.54) is 41.4 Å². The first-order valence-corrected chi connectivity index (χ1v) is 11.7. The number of benzene rings is 1. The van der Waals surface area contributed by atoms with Crippen LogP contribution in [0.4, 0.5) is 5.69 Å². The minimum atomic E-state index is -3.69. The number of nitrogens with one attached hydrogen (secondary N) is 1. The highest BCUT2D eigenvalue weighted by atomic mass is 32.2. The number of aromatic nitrogens is 2. The number of carbonyl (C=O) groups is 1. The first-order valence-electron chi connectivity index (χ1n) is 9.30. The first-order chi connectivity index (χ1) is 14.3. The third-order valence-electron chi connectivity index (χ3n) is 4.35. The molecule has 1 aromatic carbocycles. The molecular weight excluding hydrogens is 428 g/mol. The highest BCUT2D eigenvalue weighted by molar-refractivity contribution is 7.99. The zero-order valence-electron chi connectivity index (χ0n) is 17.0. The quantitative estimate of drug-likeness (QED) is 0.501. The average Bonchev–Trinajstić information content (AvgIpc) is 2.72. The van der Waals surface area contributed by atoms with Gasteiger partial charge in [-0.05, 0) is 38.1 Å². The molecule has 1 saturated heterocycles. The van der Waals surface area contributed by atoms with Gasteiger partial charge in [-0.2, -0.15) is 4.31 Å². The predicted octanol–water partition coefficient (Wildman–Crippen LogP) is 1.85. The van der Waals surface area contributed by atoms with Crippen LogP contribution in [0.25, 0.3) is 0 Å². The van der Waals surface area contributed by atoms with E-state index >= 15 is 0 Å². The number of hydrogen-bond donors (Lipinski definition) is 1. The Balaban J connectivity index is 1.74. The molecule has 2 heterocycles. The van der Waals surface area contributed by atoms with Gasteiger partial charge in [-0.25, -0.2) is 18.4 Å². The van der Waals surface area contributed by atoms with Gasteiger partial charge in [-0.1, -0.05) is 11.8 Å². The summed E-state index contributed by atoms with van der Waals surface area (Å²) >= 11 is 1.21. The van der Waals surface area contributed by atoms with E-state index in [1.807, 2.05) is 19.9 Å². The lowest BCUT2D eigenvalue weighted by molar-refractivity contribution is -0.113. The van der Waals surface area contributed by atoms with Crippen molar-refractivity contribution < 1.29 is 22.7 Å². The van der Waals surface area contributed by atoms with Crippen LogP contribution in [-0.2, 0) is 19.6 Å². The van der Waals surface area contributed by atoms with E-state index in [0.29, 0.717) is 42.9 Å². The maximum atomic E-state index is 12.9. The van der Waals surface area contributed by atoms with Crippen molar-refractivity contribution in [2.75, 3.05) is 44.5 Å². The maximum absolute atomic E-state index is 12.9. The Morgan fingerprint density at radius 2 is 1.87 bits per heavy atom. The molecule has 162 valence electrons. The Kier molecular flexibility index (Phi) is 7.29. The van der Waals surface area contributed by atoms with Crippen molar-refractivity contribution in [2.24, 2.45) is 0 Å². The van der Waals surface area contributed by atoms with Crippen molar-refractivity contribution >= 4 is 33.4 Å². The molecule has 1 N–H and O–H groups in total. The third kappa shape index (κ3) is 5.48. The SMILES string of the molecule is COc1ccc(S(=O)(=O)N2CCOCC2)cc1NC(=O)CSc1nc(C)cc(C)n1. The first kappa shape index (κ1) is 22.5. The second-order valence-electron chi connectivity index (χ2n) is 6.65. The molecule has 9 nitrogen and oxygen atoms in total. The molecule has 2 aromatic rings. The highest BCUT2D eigenvalue weighted by Gasteiger charge is 2.27. The Morgan fingerprint density at radius 3 is 2.50 bits per heavy atom. The highest BCUT2D eigenvalue weighted by Crippen LogP contribution is 2.29. The van der Waals surface area contributed by atoms with Crippen LogP contribution in [-0.4, -0.2) is 67.8 Å². The number of thioether (sulfide) groups is 1. The Bertz CT molecular complexity index is 1000. The van der Waals surface area contributed by atoms with Crippen LogP contribution in [0.1, 0.15) is 11.4 Å². The molecule has 3 rings (SSSR count). The van der Waals surface area contributed by atoms with Gasteiger partial charge in [0.2, 0.25) is 15.9 Å². The molecule has 0 atom stereocenters. The van der Waals surface area contributed by atoms with Crippen LogP contribution in [0, 0.1) is 13.8 Å². The molecule has 1 aromatic heterocycles. The second-order valence-corrected chi connectivity index (χ2v) is 9.53. The summed E-state index contributed by atoms with van der Waals surface area (Å²) in [5.74, 6) is 0.130. The molecule has 1 aliphatic rings. The average molecular weight is 453 g/mol. The summed E-state index contributed by atoms with van der Waals surface area (Å²) in [4.78, 5) is 21.1. The lowest BCUT2D eigenvalue weighted by Gasteiger charge is -2.26. The summed E-state index contributed by atoms with van der Waals surface area (Å²) in [6, 6.07) is 6.27. The van der Waals surface area contributed by atoms with Gasteiger partial charge in [-0.15, -0.1) is 0 Å². The number of amides is 1. The molecule has 0 bridgehead atoms. The fourth-order valence-corrected chi connectivity index (χ4v) is 5.14. The van der Waals surface area contributed by atoms with Crippen LogP contribution in [0.3, 0.4) is 0 Å². The van der Waals surface area contributed by atoms with Crippen molar-refractivity contribution in [1.82, 2.24) is 14.3 Å². The topological polar surface area (TPSA) is 111 Å². The summed E-state index contributed by atoms with van der Waals surface area (Å²) in [5.41, 5.74) is 1.94. The molecule has 1 fully saturated rings. The molecule has 0 spiro atoms. The van der Waals surface area contributed by atoms with Crippen molar-refractivity contribution in [2.45, 2.75) is 23.9 Å². The zero-order valence-corrected chi connectivity index (χ0v) is 18.7. The van der Waals surface area contributed by atoms with E-state index in [4.69, 9.17) is 9.47 Å². The van der Waals surface area contributed by atoms with Crippen LogP contribution in [0.15, 0.2) is 34.3 Å². The lowest BCUT2D eigenvalue weighted by atomic mass is 10.3. The molecular formula is C19H24N4O5S2. The van der Waals surface area contributed by atoms with E-state index in [-0.39, 0.29) is 16.6 Å². The van der Waals surface area contributed by atoms with E-state index in [9.17, 15) is 13.2 Å². The van der Waals surface area contributed by atoms with Crippen molar-refractivity contribution in [3.63, 3.8) is 0 Å². The number of hydrogen-bond acceptors (Lipinski definition) is 8. The number of morpholine rings is 1. The largest absolute Gasteiger partial charge is 0.495 e. The van der Waals surface area contributed by atoms with E-state index in [2.05, 4.69) is 15.3 Å². The number of anilines is 1. The summed E-state index contributed by atoms with van der Waals surface area (Å²) < 4.78 is 37.7. The maximum Gasteiger partial charge on any atom is 0.243 e. The fourth-order valence-electron chi connectivity index (χ4n) is 2.96. The molecule has 0 aliphatic carbocycles. The molecule has 0 unspecified atom stereocenters. The summed E-state index contributed by atoms with van der Waals surface area (Å²) in [5, 5.41) is 3.24. The molecule has 11 heteroatoms. The lowest BCUT2D eigenvalue weighted by Crippen LogP contribution is -2.40. The molecule has 1 aliphatic heterocycles.